The maximum atomic E-state index is 14.1. The molecule has 2 N–H and O–H groups in total. The van der Waals surface area contributed by atoms with Crippen molar-refractivity contribution < 1.29 is 18.7 Å². The van der Waals surface area contributed by atoms with Crippen LogP contribution in [0.1, 0.15) is 40.4 Å². The third kappa shape index (κ3) is 5.64. The van der Waals surface area contributed by atoms with Crippen molar-refractivity contribution in [2.75, 3.05) is 27.2 Å². The number of halogens is 1. The molecule has 30 heavy (non-hydrogen) atoms. The number of hydrogen-bond acceptors (Lipinski definition) is 5. The van der Waals surface area contributed by atoms with Gasteiger partial charge in [-0.2, -0.15) is 0 Å². The fourth-order valence-corrected chi connectivity index (χ4v) is 3.70. The Morgan fingerprint density at radius 1 is 1.23 bits per heavy atom. The summed E-state index contributed by atoms with van der Waals surface area (Å²) in [6.45, 7) is 1.16. The van der Waals surface area contributed by atoms with E-state index in [1.807, 2.05) is 37.4 Å². The van der Waals surface area contributed by atoms with E-state index in [-0.39, 0.29) is 24.8 Å². The second-order valence-corrected chi connectivity index (χ2v) is 7.56. The molecule has 160 valence electrons. The maximum Gasteiger partial charge on any atom is 0.325 e. The van der Waals surface area contributed by atoms with Crippen LogP contribution < -0.4 is 10.6 Å². The highest BCUT2D eigenvalue weighted by Gasteiger charge is 2.25. The third-order valence-electron chi connectivity index (χ3n) is 5.41. The molecule has 0 radical (unpaired) electrons. The first-order valence-electron chi connectivity index (χ1n) is 10.1. The summed E-state index contributed by atoms with van der Waals surface area (Å²) < 4.78 is 19.5. The molecule has 6 nitrogen and oxygen atoms in total. The number of ether oxygens (including phenoxy) is 1. The zero-order chi connectivity index (χ0) is 21.5. The van der Waals surface area contributed by atoms with Gasteiger partial charge in [-0.25, -0.2) is 4.39 Å². The minimum absolute atomic E-state index is 0.0398. The fourth-order valence-electron chi connectivity index (χ4n) is 3.70. The lowest BCUT2D eigenvalue weighted by Crippen LogP contribution is -2.45. The van der Waals surface area contributed by atoms with Crippen LogP contribution in [0, 0.1) is 5.82 Å². The van der Waals surface area contributed by atoms with Gasteiger partial charge in [0.05, 0.1) is 0 Å². The second kappa shape index (κ2) is 10.3. The number of nitrogens with zero attached hydrogens (tertiary/aromatic N) is 1. The van der Waals surface area contributed by atoms with Crippen molar-refractivity contribution in [2.45, 2.75) is 31.5 Å². The number of carbonyl (C=O) groups excluding carboxylic acids is 2. The summed E-state index contributed by atoms with van der Waals surface area (Å²) in [5.74, 6) is -1.33. The molecule has 1 aliphatic rings. The molecule has 1 saturated heterocycles. The molecule has 2 atom stereocenters. The van der Waals surface area contributed by atoms with Gasteiger partial charge in [0.25, 0.3) is 5.91 Å². The van der Waals surface area contributed by atoms with E-state index >= 15 is 0 Å². The molecule has 2 aromatic rings. The summed E-state index contributed by atoms with van der Waals surface area (Å²) in [4.78, 5) is 27.1. The lowest BCUT2D eigenvalue weighted by Gasteiger charge is -2.21. The quantitative estimate of drug-likeness (QED) is 0.651. The number of amides is 1. The van der Waals surface area contributed by atoms with E-state index in [0.717, 1.165) is 30.5 Å². The Hall–Kier alpha value is -2.77. The molecule has 0 aliphatic carbocycles. The number of carbonyl (C=O) groups is 2. The molecular weight excluding hydrogens is 385 g/mol. The van der Waals surface area contributed by atoms with Gasteiger partial charge in [-0.15, -0.1) is 0 Å². The normalized spacial score (nSPS) is 17.5. The van der Waals surface area contributed by atoms with Gasteiger partial charge in [0.1, 0.15) is 18.5 Å². The number of esters is 1. The molecule has 3 rings (SSSR count). The standard InChI is InChI=1S/C23H28FN3O3/c1-25-20(23(29)30-15-16-7-4-3-5-8-16)14-26-22(28)18-11-17(12-19(24)13-18)21-9-6-10-27(21)2/h3-5,7-8,11-13,20-21,25H,6,9-10,14-15H2,1-2H3,(H,26,28)/t20-,21?/m1/s1. The van der Waals surface area contributed by atoms with Gasteiger partial charge in [-0.3, -0.25) is 14.5 Å². The number of likely N-dealkylation sites (tertiary alicyclic amines) is 1. The Morgan fingerprint density at radius 2 is 2.00 bits per heavy atom. The van der Waals surface area contributed by atoms with Crippen LogP contribution in [0.15, 0.2) is 48.5 Å². The maximum absolute atomic E-state index is 14.1. The fraction of sp³-hybridized carbons (Fsp3) is 0.391. The van der Waals surface area contributed by atoms with Crippen LogP contribution in [-0.4, -0.2) is 50.0 Å². The smallest absolute Gasteiger partial charge is 0.325 e. The van der Waals surface area contributed by atoms with Gasteiger partial charge in [0, 0.05) is 18.2 Å². The molecular formula is C23H28FN3O3. The van der Waals surface area contributed by atoms with Crippen molar-refractivity contribution in [1.29, 1.82) is 0 Å². The molecule has 0 saturated carbocycles. The molecule has 7 heteroatoms. The van der Waals surface area contributed by atoms with E-state index in [9.17, 15) is 14.0 Å². The number of benzene rings is 2. The third-order valence-corrected chi connectivity index (χ3v) is 5.41. The van der Waals surface area contributed by atoms with Gasteiger partial charge >= 0.3 is 5.97 Å². The van der Waals surface area contributed by atoms with E-state index < -0.39 is 23.7 Å². The number of rotatable bonds is 8. The summed E-state index contributed by atoms with van der Waals surface area (Å²) >= 11 is 0. The van der Waals surface area contributed by atoms with Gasteiger partial charge in [0.2, 0.25) is 0 Å². The molecule has 1 aliphatic heterocycles. The van der Waals surface area contributed by atoms with Gasteiger partial charge in [-0.05, 0) is 62.8 Å². The van der Waals surface area contributed by atoms with Crippen LogP contribution in [0.3, 0.4) is 0 Å². The molecule has 0 aromatic heterocycles. The van der Waals surface area contributed by atoms with E-state index in [0.29, 0.717) is 0 Å². The van der Waals surface area contributed by atoms with Crippen LogP contribution in [0.4, 0.5) is 4.39 Å². The molecule has 1 amide bonds. The minimum Gasteiger partial charge on any atom is -0.460 e. The Labute approximate surface area is 176 Å². The summed E-state index contributed by atoms with van der Waals surface area (Å²) in [5.41, 5.74) is 1.93. The highest BCUT2D eigenvalue weighted by Crippen LogP contribution is 2.31. The Kier molecular flexibility index (Phi) is 7.54. The Bertz CT molecular complexity index is 875. The molecule has 0 bridgehead atoms. The van der Waals surface area contributed by atoms with Crippen molar-refractivity contribution in [1.82, 2.24) is 15.5 Å². The van der Waals surface area contributed by atoms with E-state index in [1.54, 1.807) is 13.1 Å². The number of likely N-dealkylation sites (N-methyl/N-ethyl adjacent to an activating group) is 1. The van der Waals surface area contributed by atoms with Crippen molar-refractivity contribution in [3.8, 4) is 0 Å². The molecule has 2 aromatic carbocycles. The van der Waals surface area contributed by atoms with Gasteiger partial charge in [0.15, 0.2) is 0 Å². The first-order valence-corrected chi connectivity index (χ1v) is 10.1. The highest BCUT2D eigenvalue weighted by molar-refractivity contribution is 5.94. The van der Waals surface area contributed by atoms with Crippen LogP contribution in [-0.2, 0) is 16.1 Å². The van der Waals surface area contributed by atoms with Crippen molar-refractivity contribution in [2.24, 2.45) is 0 Å². The Morgan fingerprint density at radius 3 is 2.67 bits per heavy atom. The van der Waals surface area contributed by atoms with E-state index in [2.05, 4.69) is 15.5 Å². The molecule has 1 unspecified atom stereocenters. The van der Waals surface area contributed by atoms with Crippen LogP contribution in [0.2, 0.25) is 0 Å². The largest absolute Gasteiger partial charge is 0.460 e. The topological polar surface area (TPSA) is 70.7 Å². The zero-order valence-corrected chi connectivity index (χ0v) is 17.4. The first-order chi connectivity index (χ1) is 14.5. The van der Waals surface area contributed by atoms with Crippen LogP contribution >= 0.6 is 0 Å². The van der Waals surface area contributed by atoms with Gasteiger partial charge < -0.3 is 15.4 Å². The lowest BCUT2D eigenvalue weighted by atomic mass is 10.0. The van der Waals surface area contributed by atoms with Crippen molar-refractivity contribution in [3.05, 3.63) is 71.0 Å². The second-order valence-electron chi connectivity index (χ2n) is 7.56. The summed E-state index contributed by atoms with van der Waals surface area (Å²) in [6.07, 6.45) is 1.99. The average molecular weight is 413 g/mol. The first kappa shape index (κ1) is 21.9. The summed E-state index contributed by atoms with van der Waals surface area (Å²) in [5, 5.41) is 5.55. The molecule has 1 fully saturated rings. The van der Waals surface area contributed by atoms with E-state index in [4.69, 9.17) is 4.74 Å². The minimum atomic E-state index is -0.702. The van der Waals surface area contributed by atoms with Gasteiger partial charge in [-0.1, -0.05) is 30.3 Å². The molecule has 0 spiro atoms. The summed E-state index contributed by atoms with van der Waals surface area (Å²) in [6, 6.07) is 13.2. The summed E-state index contributed by atoms with van der Waals surface area (Å²) in [7, 11) is 3.62. The predicted molar refractivity (Wildman–Crippen MR) is 112 cm³/mol. The number of hydrogen-bond donors (Lipinski definition) is 2. The van der Waals surface area contributed by atoms with Crippen molar-refractivity contribution in [3.63, 3.8) is 0 Å². The monoisotopic (exact) mass is 413 g/mol. The van der Waals surface area contributed by atoms with Crippen LogP contribution in [0.5, 0.6) is 0 Å². The van der Waals surface area contributed by atoms with E-state index in [1.165, 1.54) is 12.1 Å². The van der Waals surface area contributed by atoms with Crippen LogP contribution in [0.25, 0.3) is 0 Å². The van der Waals surface area contributed by atoms with Crippen molar-refractivity contribution >= 4 is 11.9 Å². The SMILES string of the molecule is CN[C@H](CNC(=O)c1cc(F)cc(C2CCCN2C)c1)C(=O)OCc1ccccc1. The number of nitrogens with one attached hydrogen (secondary N) is 2. The zero-order valence-electron chi connectivity index (χ0n) is 17.4. The average Bonchev–Trinajstić information content (AvgIpc) is 3.18. The highest BCUT2D eigenvalue weighted by atomic mass is 19.1. The predicted octanol–water partition coefficient (Wildman–Crippen LogP) is 2.65. The Balaban J connectivity index is 1.58. The lowest BCUT2D eigenvalue weighted by molar-refractivity contribution is -0.147. The molecule has 1 heterocycles.